The topological polar surface area (TPSA) is 46.9 Å². The summed E-state index contributed by atoms with van der Waals surface area (Å²) < 4.78 is 15.3. The first-order chi connectivity index (χ1) is 8.90. The standard InChI is InChI=1S/C13H13ClFN3O/c1-7-12(8(2)18(3)17-7)16-13(19)10-5-4-9(14)6-11(10)15/h4-6H,1-3H3,(H,16,19). The molecule has 1 N–H and O–H groups in total. The van der Waals surface area contributed by atoms with Gasteiger partial charge in [-0.05, 0) is 32.0 Å². The number of nitrogens with one attached hydrogen (secondary N) is 1. The average Bonchev–Trinajstić information content (AvgIpc) is 2.56. The fraction of sp³-hybridized carbons (Fsp3) is 0.231. The number of nitrogens with zero attached hydrogens (tertiary/aromatic N) is 2. The number of aryl methyl sites for hydroxylation is 2. The van der Waals surface area contributed by atoms with Crippen molar-refractivity contribution in [2.45, 2.75) is 13.8 Å². The Kier molecular flexibility index (Phi) is 3.57. The van der Waals surface area contributed by atoms with E-state index in [1.807, 2.05) is 6.92 Å². The summed E-state index contributed by atoms with van der Waals surface area (Å²) >= 11 is 5.65. The largest absolute Gasteiger partial charge is 0.319 e. The van der Waals surface area contributed by atoms with E-state index in [0.29, 0.717) is 11.4 Å². The van der Waals surface area contributed by atoms with Gasteiger partial charge in [0, 0.05) is 12.1 Å². The molecule has 0 bridgehead atoms. The van der Waals surface area contributed by atoms with Gasteiger partial charge in [0.25, 0.3) is 5.91 Å². The van der Waals surface area contributed by atoms with Crippen LogP contribution in [-0.4, -0.2) is 15.7 Å². The predicted molar refractivity (Wildman–Crippen MR) is 72.0 cm³/mol. The molecular formula is C13H13ClFN3O. The number of rotatable bonds is 2. The average molecular weight is 282 g/mol. The van der Waals surface area contributed by atoms with Crippen molar-refractivity contribution in [3.8, 4) is 0 Å². The lowest BCUT2D eigenvalue weighted by Gasteiger charge is -2.06. The Morgan fingerprint density at radius 2 is 2.11 bits per heavy atom. The summed E-state index contributed by atoms with van der Waals surface area (Å²) in [6.45, 7) is 3.61. The number of benzene rings is 1. The van der Waals surface area contributed by atoms with E-state index in [1.54, 1.807) is 18.7 Å². The van der Waals surface area contributed by atoms with Crippen LogP contribution >= 0.6 is 11.6 Å². The van der Waals surface area contributed by atoms with Crippen molar-refractivity contribution < 1.29 is 9.18 Å². The third kappa shape index (κ3) is 2.61. The molecule has 1 aromatic carbocycles. The number of hydrogen-bond donors (Lipinski definition) is 1. The van der Waals surface area contributed by atoms with Gasteiger partial charge < -0.3 is 5.32 Å². The molecule has 0 saturated carbocycles. The zero-order valence-corrected chi connectivity index (χ0v) is 11.5. The monoisotopic (exact) mass is 281 g/mol. The first kappa shape index (κ1) is 13.5. The van der Waals surface area contributed by atoms with E-state index in [-0.39, 0.29) is 10.6 Å². The van der Waals surface area contributed by atoms with Gasteiger partial charge in [-0.25, -0.2) is 4.39 Å². The smallest absolute Gasteiger partial charge is 0.258 e. The molecule has 100 valence electrons. The molecule has 6 heteroatoms. The second-order valence-electron chi connectivity index (χ2n) is 4.25. The number of hydrogen-bond acceptors (Lipinski definition) is 2. The fourth-order valence-electron chi connectivity index (χ4n) is 1.81. The Hall–Kier alpha value is -1.88. The van der Waals surface area contributed by atoms with Gasteiger partial charge in [0.1, 0.15) is 5.82 Å². The lowest BCUT2D eigenvalue weighted by Crippen LogP contribution is -2.14. The van der Waals surface area contributed by atoms with Gasteiger partial charge >= 0.3 is 0 Å². The summed E-state index contributed by atoms with van der Waals surface area (Å²) in [6, 6.07) is 3.94. The van der Waals surface area contributed by atoms with Gasteiger partial charge in [-0.1, -0.05) is 11.6 Å². The molecule has 4 nitrogen and oxygen atoms in total. The molecule has 0 fully saturated rings. The lowest BCUT2D eigenvalue weighted by molar-refractivity contribution is 0.102. The van der Waals surface area contributed by atoms with Gasteiger partial charge in [0.05, 0.1) is 22.6 Å². The molecule has 2 aromatic rings. The molecule has 2 rings (SSSR count). The highest BCUT2D eigenvalue weighted by Crippen LogP contribution is 2.21. The summed E-state index contributed by atoms with van der Waals surface area (Å²) in [6.07, 6.45) is 0. The molecular weight excluding hydrogens is 269 g/mol. The van der Waals surface area contributed by atoms with Crippen molar-refractivity contribution in [3.63, 3.8) is 0 Å². The van der Waals surface area contributed by atoms with Crippen molar-refractivity contribution >= 4 is 23.2 Å². The number of halogens is 2. The predicted octanol–water partition coefficient (Wildman–Crippen LogP) is 3.08. The molecule has 0 radical (unpaired) electrons. The van der Waals surface area contributed by atoms with Crippen molar-refractivity contribution in [3.05, 3.63) is 46.0 Å². The molecule has 1 amide bonds. The van der Waals surface area contributed by atoms with Crippen LogP contribution in [0.2, 0.25) is 5.02 Å². The van der Waals surface area contributed by atoms with Crippen LogP contribution in [0.15, 0.2) is 18.2 Å². The molecule has 0 aliphatic rings. The Labute approximate surface area is 115 Å². The van der Waals surface area contributed by atoms with Crippen LogP contribution in [0.5, 0.6) is 0 Å². The first-order valence-electron chi connectivity index (χ1n) is 5.66. The van der Waals surface area contributed by atoms with E-state index in [2.05, 4.69) is 10.4 Å². The maximum Gasteiger partial charge on any atom is 0.258 e. The molecule has 0 unspecified atom stereocenters. The van der Waals surface area contributed by atoms with E-state index in [1.165, 1.54) is 12.1 Å². The number of aromatic nitrogens is 2. The van der Waals surface area contributed by atoms with Crippen LogP contribution in [0.1, 0.15) is 21.7 Å². The number of anilines is 1. The minimum Gasteiger partial charge on any atom is -0.319 e. The first-order valence-corrected chi connectivity index (χ1v) is 6.04. The number of amides is 1. The van der Waals surface area contributed by atoms with Gasteiger partial charge in [0.15, 0.2) is 0 Å². The highest BCUT2D eigenvalue weighted by molar-refractivity contribution is 6.30. The number of carbonyl (C=O) groups is 1. The molecule has 1 aromatic heterocycles. The van der Waals surface area contributed by atoms with Crippen LogP contribution in [0.4, 0.5) is 10.1 Å². The quantitative estimate of drug-likeness (QED) is 0.919. The highest BCUT2D eigenvalue weighted by atomic mass is 35.5. The molecule has 0 saturated heterocycles. The maximum atomic E-state index is 13.6. The molecule has 0 spiro atoms. The SMILES string of the molecule is Cc1nn(C)c(C)c1NC(=O)c1ccc(Cl)cc1F. The third-order valence-electron chi connectivity index (χ3n) is 2.92. The van der Waals surface area contributed by atoms with Crippen molar-refractivity contribution in [2.24, 2.45) is 7.05 Å². The number of carbonyl (C=O) groups excluding carboxylic acids is 1. The third-order valence-corrected chi connectivity index (χ3v) is 3.16. The van der Waals surface area contributed by atoms with Crippen LogP contribution in [0.25, 0.3) is 0 Å². The van der Waals surface area contributed by atoms with E-state index < -0.39 is 11.7 Å². The van der Waals surface area contributed by atoms with Gasteiger partial charge in [-0.3, -0.25) is 9.48 Å². The highest BCUT2D eigenvalue weighted by Gasteiger charge is 2.16. The Bertz CT molecular complexity index is 652. The Balaban J connectivity index is 2.31. The van der Waals surface area contributed by atoms with E-state index >= 15 is 0 Å². The van der Waals surface area contributed by atoms with Crippen molar-refractivity contribution in [1.82, 2.24) is 9.78 Å². The van der Waals surface area contributed by atoms with Crippen LogP contribution in [0.3, 0.4) is 0 Å². The van der Waals surface area contributed by atoms with E-state index in [9.17, 15) is 9.18 Å². The molecule has 0 aliphatic heterocycles. The van der Waals surface area contributed by atoms with E-state index in [0.717, 1.165) is 11.8 Å². The normalized spacial score (nSPS) is 10.6. The van der Waals surface area contributed by atoms with Crippen molar-refractivity contribution in [2.75, 3.05) is 5.32 Å². The molecule has 1 heterocycles. The minimum absolute atomic E-state index is 0.0490. The van der Waals surface area contributed by atoms with Gasteiger partial charge in [-0.2, -0.15) is 5.10 Å². The Morgan fingerprint density at radius 1 is 1.42 bits per heavy atom. The van der Waals surface area contributed by atoms with E-state index in [4.69, 9.17) is 11.6 Å². The van der Waals surface area contributed by atoms with Crippen LogP contribution in [0, 0.1) is 19.7 Å². The summed E-state index contributed by atoms with van der Waals surface area (Å²) in [4.78, 5) is 12.0. The van der Waals surface area contributed by atoms with Crippen LogP contribution < -0.4 is 5.32 Å². The molecule has 19 heavy (non-hydrogen) atoms. The summed E-state index contributed by atoms with van der Waals surface area (Å²) in [5.74, 6) is -1.17. The summed E-state index contributed by atoms with van der Waals surface area (Å²) in [5.41, 5.74) is 2.04. The lowest BCUT2D eigenvalue weighted by atomic mass is 10.2. The second-order valence-corrected chi connectivity index (χ2v) is 4.68. The maximum absolute atomic E-state index is 13.6. The minimum atomic E-state index is -0.649. The second kappa shape index (κ2) is 5.01. The fourth-order valence-corrected chi connectivity index (χ4v) is 1.97. The zero-order chi connectivity index (χ0) is 14.2. The van der Waals surface area contributed by atoms with Crippen molar-refractivity contribution in [1.29, 1.82) is 0 Å². The van der Waals surface area contributed by atoms with Gasteiger partial charge in [0.2, 0.25) is 0 Å². The Morgan fingerprint density at radius 3 is 2.63 bits per heavy atom. The molecule has 0 aliphatic carbocycles. The molecule has 0 atom stereocenters. The van der Waals surface area contributed by atoms with Crippen LogP contribution in [-0.2, 0) is 7.05 Å². The van der Waals surface area contributed by atoms with Gasteiger partial charge in [-0.15, -0.1) is 0 Å². The summed E-state index contributed by atoms with van der Waals surface area (Å²) in [5, 5.41) is 7.10. The summed E-state index contributed by atoms with van der Waals surface area (Å²) in [7, 11) is 1.78. The zero-order valence-electron chi connectivity index (χ0n) is 10.8.